The highest BCUT2D eigenvalue weighted by Gasteiger charge is 2.22. The first kappa shape index (κ1) is 15.2. The molecule has 0 saturated heterocycles. The molecular formula is C19H20N4. The maximum absolute atomic E-state index is 7.80. The zero-order valence-corrected chi connectivity index (χ0v) is 13.4. The van der Waals surface area contributed by atoms with Gasteiger partial charge in [0.1, 0.15) is 0 Å². The van der Waals surface area contributed by atoms with Crippen molar-refractivity contribution in [2.45, 2.75) is 20.4 Å². The van der Waals surface area contributed by atoms with Gasteiger partial charge in [-0.2, -0.15) is 0 Å². The van der Waals surface area contributed by atoms with Crippen LogP contribution in [-0.4, -0.2) is 12.4 Å². The van der Waals surface area contributed by atoms with Crippen LogP contribution in [0.3, 0.4) is 0 Å². The van der Waals surface area contributed by atoms with Gasteiger partial charge in [-0.25, -0.2) is 5.53 Å². The first-order valence-electron chi connectivity index (χ1n) is 7.69. The number of anilines is 1. The molecule has 0 atom stereocenters. The van der Waals surface area contributed by atoms with Gasteiger partial charge in [-0.05, 0) is 43.2 Å². The maximum Gasteiger partial charge on any atom is 0.173 e. The summed E-state index contributed by atoms with van der Waals surface area (Å²) < 4.78 is 0. The third-order valence-electron chi connectivity index (χ3n) is 4.32. The molecule has 2 aromatic rings. The average molecular weight is 304 g/mol. The molecule has 2 N–H and O–H groups in total. The smallest absolute Gasteiger partial charge is 0.173 e. The highest BCUT2D eigenvalue weighted by molar-refractivity contribution is 5.99. The maximum atomic E-state index is 7.80. The fourth-order valence-electron chi connectivity index (χ4n) is 2.98. The van der Waals surface area contributed by atoms with Gasteiger partial charge < -0.3 is 4.90 Å². The number of rotatable bonds is 3. The highest BCUT2D eigenvalue weighted by Crippen LogP contribution is 2.39. The van der Waals surface area contributed by atoms with Crippen LogP contribution in [0.4, 0.5) is 5.69 Å². The molecule has 0 bridgehead atoms. The standard InChI is InChI=1S/C19H20N4/c1-3-13(2)11-23-12-15-6-4-5-7-16(15)17-10-14(19(20)22-21)8-9-18(17)23/h3-10,20-21H,11-12H2,1-2H3/b13-3+,20-19?,22-21?. The van der Waals surface area contributed by atoms with E-state index in [9.17, 15) is 0 Å². The number of hydrogen-bond acceptors (Lipinski definition) is 3. The molecule has 23 heavy (non-hydrogen) atoms. The van der Waals surface area contributed by atoms with Crippen molar-refractivity contribution in [3.63, 3.8) is 0 Å². The van der Waals surface area contributed by atoms with Crippen LogP contribution in [0.5, 0.6) is 0 Å². The molecule has 0 fully saturated rings. The SMILES string of the molecule is C/C=C(\C)CN1Cc2ccccc2-c2cc(C(=N)N=N)ccc21. The predicted octanol–water partition coefficient (Wildman–Crippen LogP) is 5.00. The number of amidine groups is 1. The summed E-state index contributed by atoms with van der Waals surface area (Å²) in [6.07, 6.45) is 2.14. The Hall–Kier alpha value is -2.75. The lowest BCUT2D eigenvalue weighted by molar-refractivity contribution is 0.834. The Morgan fingerprint density at radius 3 is 2.74 bits per heavy atom. The van der Waals surface area contributed by atoms with E-state index in [2.05, 4.69) is 48.1 Å². The summed E-state index contributed by atoms with van der Waals surface area (Å²) in [5.74, 6) is -0.00737. The number of nitrogens with zero attached hydrogens (tertiary/aromatic N) is 2. The van der Waals surface area contributed by atoms with Crippen molar-refractivity contribution >= 4 is 11.5 Å². The van der Waals surface area contributed by atoms with E-state index < -0.39 is 0 Å². The van der Waals surface area contributed by atoms with Gasteiger partial charge in [0, 0.05) is 29.9 Å². The zero-order chi connectivity index (χ0) is 16.4. The van der Waals surface area contributed by atoms with Crippen LogP contribution in [-0.2, 0) is 6.54 Å². The Morgan fingerprint density at radius 1 is 1.22 bits per heavy atom. The number of benzene rings is 2. The molecule has 4 nitrogen and oxygen atoms in total. The van der Waals surface area contributed by atoms with Crippen molar-refractivity contribution < 1.29 is 0 Å². The summed E-state index contributed by atoms with van der Waals surface area (Å²) in [5, 5.41) is 11.1. The van der Waals surface area contributed by atoms with Crippen LogP contribution < -0.4 is 4.90 Å². The molecule has 4 heteroatoms. The summed E-state index contributed by atoms with van der Waals surface area (Å²) in [7, 11) is 0. The first-order chi connectivity index (χ1) is 11.1. The van der Waals surface area contributed by atoms with E-state index in [4.69, 9.17) is 10.9 Å². The van der Waals surface area contributed by atoms with Gasteiger partial charge in [-0.15, -0.1) is 5.11 Å². The summed E-state index contributed by atoms with van der Waals surface area (Å²) in [4.78, 5) is 2.36. The van der Waals surface area contributed by atoms with Gasteiger partial charge in [0.25, 0.3) is 0 Å². The van der Waals surface area contributed by atoms with E-state index in [-0.39, 0.29) is 5.84 Å². The molecule has 0 aliphatic carbocycles. The molecule has 0 unspecified atom stereocenters. The second-order valence-electron chi connectivity index (χ2n) is 5.84. The molecular weight excluding hydrogens is 284 g/mol. The Morgan fingerprint density at radius 2 is 2.00 bits per heavy atom. The lowest BCUT2D eigenvalue weighted by Crippen LogP contribution is -2.28. The normalized spacial score (nSPS) is 13.3. The summed E-state index contributed by atoms with van der Waals surface area (Å²) in [5.41, 5.74) is 13.9. The molecule has 3 rings (SSSR count). The van der Waals surface area contributed by atoms with E-state index in [0.29, 0.717) is 5.56 Å². The number of fused-ring (bicyclic) bond motifs is 3. The Bertz CT molecular complexity index is 805. The molecule has 0 amide bonds. The molecule has 0 radical (unpaired) electrons. The third kappa shape index (κ3) is 2.80. The monoisotopic (exact) mass is 304 g/mol. The molecule has 1 heterocycles. The van der Waals surface area contributed by atoms with Gasteiger partial charge in [-0.3, -0.25) is 5.41 Å². The van der Waals surface area contributed by atoms with Crippen LogP contribution in [0.2, 0.25) is 0 Å². The predicted molar refractivity (Wildman–Crippen MR) is 94.3 cm³/mol. The Kier molecular flexibility index (Phi) is 4.06. The lowest BCUT2D eigenvalue weighted by Gasteiger charge is -2.33. The lowest BCUT2D eigenvalue weighted by atomic mass is 9.91. The summed E-state index contributed by atoms with van der Waals surface area (Å²) in [6.45, 7) is 5.98. The number of allylic oxidation sites excluding steroid dienone is 1. The van der Waals surface area contributed by atoms with Crippen molar-refractivity contribution in [1.82, 2.24) is 0 Å². The fraction of sp³-hybridized carbons (Fsp3) is 0.211. The van der Waals surface area contributed by atoms with E-state index in [1.807, 2.05) is 24.3 Å². The van der Waals surface area contributed by atoms with Gasteiger partial charge >= 0.3 is 0 Å². The Labute approximate surface area is 136 Å². The van der Waals surface area contributed by atoms with Crippen LogP contribution >= 0.6 is 0 Å². The molecule has 0 spiro atoms. The van der Waals surface area contributed by atoms with Crippen LogP contribution in [0, 0.1) is 10.9 Å². The number of nitrogens with one attached hydrogen (secondary N) is 2. The van der Waals surface area contributed by atoms with Gasteiger partial charge in [0.2, 0.25) is 0 Å². The van der Waals surface area contributed by atoms with Gasteiger partial charge in [-0.1, -0.05) is 35.9 Å². The van der Waals surface area contributed by atoms with Crippen molar-refractivity contribution in [3.05, 3.63) is 65.2 Å². The molecule has 0 aromatic heterocycles. The average Bonchev–Trinajstić information content (AvgIpc) is 2.60. The molecule has 116 valence electrons. The van der Waals surface area contributed by atoms with Crippen LogP contribution in [0.1, 0.15) is 25.0 Å². The van der Waals surface area contributed by atoms with Crippen molar-refractivity contribution in [2.24, 2.45) is 5.11 Å². The minimum Gasteiger partial charge on any atom is -0.363 e. The minimum absolute atomic E-state index is 0.00737. The zero-order valence-electron chi connectivity index (χ0n) is 13.4. The van der Waals surface area contributed by atoms with Crippen LogP contribution in [0.15, 0.2) is 59.2 Å². The second-order valence-corrected chi connectivity index (χ2v) is 5.84. The second kappa shape index (κ2) is 6.16. The van der Waals surface area contributed by atoms with E-state index in [1.54, 1.807) is 0 Å². The van der Waals surface area contributed by atoms with Crippen molar-refractivity contribution in [3.8, 4) is 11.1 Å². The molecule has 1 aliphatic heterocycles. The van der Waals surface area contributed by atoms with E-state index in [0.717, 1.165) is 18.7 Å². The topological polar surface area (TPSA) is 63.3 Å². The number of hydrogen-bond donors (Lipinski definition) is 2. The first-order valence-corrected chi connectivity index (χ1v) is 7.69. The van der Waals surface area contributed by atoms with E-state index >= 15 is 0 Å². The third-order valence-corrected chi connectivity index (χ3v) is 4.32. The van der Waals surface area contributed by atoms with Gasteiger partial charge in [0.15, 0.2) is 5.84 Å². The minimum atomic E-state index is -0.00737. The fourth-order valence-corrected chi connectivity index (χ4v) is 2.98. The Balaban J connectivity index is 2.14. The van der Waals surface area contributed by atoms with Crippen LogP contribution in [0.25, 0.3) is 11.1 Å². The largest absolute Gasteiger partial charge is 0.363 e. The summed E-state index contributed by atoms with van der Waals surface area (Å²) >= 11 is 0. The van der Waals surface area contributed by atoms with Crippen molar-refractivity contribution in [1.29, 1.82) is 10.9 Å². The molecule has 1 aliphatic rings. The van der Waals surface area contributed by atoms with Crippen molar-refractivity contribution in [2.75, 3.05) is 11.4 Å². The molecule has 2 aromatic carbocycles. The van der Waals surface area contributed by atoms with Gasteiger partial charge in [0.05, 0.1) is 0 Å². The highest BCUT2D eigenvalue weighted by atomic mass is 15.1. The molecule has 0 saturated carbocycles. The van der Waals surface area contributed by atoms with E-state index in [1.165, 1.54) is 22.4 Å². The quantitative estimate of drug-likeness (QED) is 0.356. The summed E-state index contributed by atoms with van der Waals surface area (Å²) in [6, 6.07) is 14.3.